The predicted octanol–water partition coefficient (Wildman–Crippen LogP) is 2.74. The first-order valence-electron chi connectivity index (χ1n) is 7.60. The highest BCUT2D eigenvalue weighted by Gasteiger charge is 2.37. The molecule has 0 saturated carbocycles. The number of urea groups is 1. The molecule has 7 nitrogen and oxygen atoms in total. The van der Waals surface area contributed by atoms with Crippen molar-refractivity contribution < 1.29 is 23.9 Å². The number of benzene rings is 2. The molecule has 130 valence electrons. The number of para-hydroxylation sites is 1. The van der Waals surface area contributed by atoms with Crippen LogP contribution in [0.4, 0.5) is 10.5 Å². The molecule has 2 aliphatic heterocycles. The maximum absolute atomic E-state index is 12.8. The topological polar surface area (TPSA) is 84.9 Å². The molecular weight excluding hydrogens is 360 g/mol. The first-order valence-corrected chi connectivity index (χ1v) is 7.98. The van der Waals surface area contributed by atoms with Gasteiger partial charge in [0.2, 0.25) is 6.79 Å². The highest BCUT2D eigenvalue weighted by Crippen LogP contribution is 2.34. The Morgan fingerprint density at radius 1 is 1.04 bits per heavy atom. The summed E-state index contributed by atoms with van der Waals surface area (Å²) in [5.41, 5.74) is 0.561. The van der Waals surface area contributed by atoms with Crippen LogP contribution in [0.1, 0.15) is 5.56 Å². The monoisotopic (exact) mass is 370 g/mol. The number of nitrogens with zero attached hydrogens (tertiary/aromatic N) is 1. The Morgan fingerprint density at radius 2 is 1.81 bits per heavy atom. The Labute approximate surface area is 152 Å². The van der Waals surface area contributed by atoms with Crippen LogP contribution >= 0.6 is 11.6 Å². The van der Waals surface area contributed by atoms with E-state index in [0.717, 1.165) is 4.90 Å². The minimum atomic E-state index is -0.851. The number of hydrogen-bond acceptors (Lipinski definition) is 5. The Morgan fingerprint density at radius 3 is 2.62 bits per heavy atom. The van der Waals surface area contributed by atoms with Crippen molar-refractivity contribution in [2.75, 3.05) is 11.7 Å². The average molecular weight is 371 g/mol. The standard InChI is InChI=1S/C18H11ClN2O5/c19-12-3-1-2-4-13(12)21-17(23)11(16(22)20-18(21)24)7-10-5-6-14-15(8-10)26-9-25-14/h1-8H,9H2,(H,20,22,24)/b11-7+. The second-order valence-corrected chi connectivity index (χ2v) is 5.93. The Kier molecular flexibility index (Phi) is 3.85. The molecule has 4 amide bonds. The van der Waals surface area contributed by atoms with Crippen molar-refractivity contribution in [3.05, 3.63) is 58.6 Å². The van der Waals surface area contributed by atoms with Gasteiger partial charge >= 0.3 is 6.03 Å². The molecule has 1 fully saturated rings. The van der Waals surface area contributed by atoms with Crippen molar-refractivity contribution >= 4 is 41.2 Å². The van der Waals surface area contributed by atoms with E-state index in [1.807, 2.05) is 0 Å². The van der Waals surface area contributed by atoms with Gasteiger partial charge in [0, 0.05) is 0 Å². The van der Waals surface area contributed by atoms with Gasteiger partial charge in [-0.15, -0.1) is 0 Å². The normalized spacial score (nSPS) is 17.7. The van der Waals surface area contributed by atoms with Gasteiger partial charge in [0.05, 0.1) is 10.7 Å². The minimum Gasteiger partial charge on any atom is -0.454 e. The summed E-state index contributed by atoms with van der Waals surface area (Å²) in [6.07, 6.45) is 1.38. The Bertz CT molecular complexity index is 985. The molecular formula is C18H11ClN2O5. The van der Waals surface area contributed by atoms with Crippen LogP contribution in [0.5, 0.6) is 11.5 Å². The number of fused-ring (bicyclic) bond motifs is 1. The van der Waals surface area contributed by atoms with E-state index in [1.54, 1.807) is 36.4 Å². The molecule has 2 aliphatic rings. The molecule has 4 rings (SSSR count). The SMILES string of the molecule is O=C1NC(=O)N(c2ccccc2Cl)C(=O)/C1=C/c1ccc2c(c1)OCO2. The Balaban J connectivity index is 1.74. The van der Waals surface area contributed by atoms with Crippen molar-refractivity contribution in [1.82, 2.24) is 5.32 Å². The zero-order chi connectivity index (χ0) is 18.3. The molecule has 0 radical (unpaired) electrons. The van der Waals surface area contributed by atoms with Crippen molar-refractivity contribution in [1.29, 1.82) is 0 Å². The molecule has 2 heterocycles. The van der Waals surface area contributed by atoms with Gasteiger partial charge in [0.25, 0.3) is 11.8 Å². The van der Waals surface area contributed by atoms with Crippen LogP contribution in [0, 0.1) is 0 Å². The average Bonchev–Trinajstić information content (AvgIpc) is 3.08. The fourth-order valence-electron chi connectivity index (χ4n) is 2.68. The van der Waals surface area contributed by atoms with Gasteiger partial charge < -0.3 is 9.47 Å². The van der Waals surface area contributed by atoms with Crippen molar-refractivity contribution in [3.8, 4) is 11.5 Å². The predicted molar refractivity (Wildman–Crippen MR) is 93.0 cm³/mol. The molecule has 2 aromatic carbocycles. The molecule has 1 N–H and O–H groups in total. The molecule has 0 unspecified atom stereocenters. The van der Waals surface area contributed by atoms with Crippen molar-refractivity contribution in [3.63, 3.8) is 0 Å². The number of amides is 4. The molecule has 0 aromatic heterocycles. The number of barbiturate groups is 1. The van der Waals surface area contributed by atoms with E-state index in [4.69, 9.17) is 21.1 Å². The first kappa shape index (κ1) is 16.2. The lowest BCUT2D eigenvalue weighted by Gasteiger charge is -2.27. The molecule has 1 saturated heterocycles. The lowest BCUT2D eigenvalue weighted by atomic mass is 10.1. The number of hydrogen-bond donors (Lipinski definition) is 1. The van der Waals surface area contributed by atoms with Crippen molar-refractivity contribution in [2.24, 2.45) is 0 Å². The summed E-state index contributed by atoms with van der Waals surface area (Å²) in [6.45, 7) is 0.115. The molecule has 8 heteroatoms. The number of nitrogens with one attached hydrogen (secondary N) is 1. The van der Waals surface area contributed by atoms with Gasteiger partial charge in [0.1, 0.15) is 5.57 Å². The fraction of sp³-hybridized carbons (Fsp3) is 0.0556. The zero-order valence-electron chi connectivity index (χ0n) is 13.2. The molecule has 2 aromatic rings. The third-order valence-electron chi connectivity index (χ3n) is 3.90. The summed E-state index contributed by atoms with van der Waals surface area (Å²) >= 11 is 6.09. The van der Waals surface area contributed by atoms with Crippen molar-refractivity contribution in [2.45, 2.75) is 0 Å². The van der Waals surface area contributed by atoms with Crippen LogP contribution in [0.15, 0.2) is 48.0 Å². The Hall–Kier alpha value is -3.32. The fourth-order valence-corrected chi connectivity index (χ4v) is 2.90. The summed E-state index contributed by atoms with van der Waals surface area (Å²) in [5.74, 6) is -0.438. The van der Waals surface area contributed by atoms with E-state index >= 15 is 0 Å². The quantitative estimate of drug-likeness (QED) is 0.649. The molecule has 0 spiro atoms. The van der Waals surface area contributed by atoms with E-state index < -0.39 is 17.8 Å². The van der Waals surface area contributed by atoms with E-state index in [9.17, 15) is 14.4 Å². The third kappa shape index (κ3) is 2.68. The molecule has 0 atom stereocenters. The molecule has 26 heavy (non-hydrogen) atoms. The number of carbonyl (C=O) groups is 3. The van der Waals surface area contributed by atoms with Gasteiger partial charge in [0.15, 0.2) is 11.5 Å². The van der Waals surface area contributed by atoms with Gasteiger partial charge in [-0.05, 0) is 35.9 Å². The number of halogens is 1. The van der Waals surface area contributed by atoms with Gasteiger partial charge in [-0.1, -0.05) is 29.8 Å². The number of carbonyl (C=O) groups excluding carboxylic acids is 3. The van der Waals surface area contributed by atoms with Crippen LogP contribution < -0.4 is 19.7 Å². The van der Waals surface area contributed by atoms with Crippen LogP contribution in [-0.2, 0) is 9.59 Å². The number of ether oxygens (including phenoxy) is 2. The number of anilines is 1. The number of imide groups is 2. The van der Waals surface area contributed by atoms with Gasteiger partial charge in [-0.2, -0.15) is 0 Å². The summed E-state index contributed by atoms with van der Waals surface area (Å²) in [7, 11) is 0. The summed E-state index contributed by atoms with van der Waals surface area (Å²) in [5, 5.41) is 2.37. The van der Waals surface area contributed by atoms with E-state index in [1.165, 1.54) is 12.1 Å². The lowest BCUT2D eigenvalue weighted by molar-refractivity contribution is -0.122. The number of rotatable bonds is 2. The molecule has 0 aliphatic carbocycles. The van der Waals surface area contributed by atoms with E-state index in [-0.39, 0.29) is 23.1 Å². The lowest BCUT2D eigenvalue weighted by Crippen LogP contribution is -2.54. The zero-order valence-corrected chi connectivity index (χ0v) is 13.9. The second-order valence-electron chi connectivity index (χ2n) is 5.52. The summed E-state index contributed by atoms with van der Waals surface area (Å²) in [6, 6.07) is 10.5. The molecule has 0 bridgehead atoms. The summed E-state index contributed by atoms with van der Waals surface area (Å²) < 4.78 is 10.5. The van der Waals surface area contributed by atoms with Crippen LogP contribution in [0.25, 0.3) is 6.08 Å². The first-order chi connectivity index (χ1) is 12.5. The van der Waals surface area contributed by atoms with Crippen LogP contribution in [0.3, 0.4) is 0 Å². The smallest absolute Gasteiger partial charge is 0.335 e. The van der Waals surface area contributed by atoms with Crippen LogP contribution in [0.2, 0.25) is 5.02 Å². The van der Waals surface area contributed by atoms with E-state index in [2.05, 4.69) is 5.32 Å². The minimum absolute atomic E-state index is 0.115. The maximum Gasteiger partial charge on any atom is 0.335 e. The van der Waals surface area contributed by atoms with Gasteiger partial charge in [-0.25, -0.2) is 9.69 Å². The second kappa shape index (κ2) is 6.20. The van der Waals surface area contributed by atoms with Crippen LogP contribution in [-0.4, -0.2) is 24.6 Å². The highest BCUT2D eigenvalue weighted by atomic mass is 35.5. The van der Waals surface area contributed by atoms with Gasteiger partial charge in [-0.3, -0.25) is 14.9 Å². The highest BCUT2D eigenvalue weighted by molar-refractivity contribution is 6.42. The maximum atomic E-state index is 12.8. The van der Waals surface area contributed by atoms with E-state index in [0.29, 0.717) is 17.1 Å². The summed E-state index contributed by atoms with van der Waals surface area (Å²) in [4.78, 5) is 38.0. The largest absolute Gasteiger partial charge is 0.454 e. The third-order valence-corrected chi connectivity index (χ3v) is 4.22.